The van der Waals surface area contributed by atoms with Gasteiger partial charge in [0.25, 0.3) is 0 Å². The number of esters is 1. The second-order valence-corrected chi connectivity index (χ2v) is 15.6. The Morgan fingerprint density at radius 2 is 1.98 bits per heavy atom. The Kier molecular flexibility index (Phi) is 9.68. The van der Waals surface area contributed by atoms with E-state index in [0.717, 1.165) is 18.9 Å². The van der Waals surface area contributed by atoms with Gasteiger partial charge in [0.1, 0.15) is 12.2 Å². The fraction of sp³-hybridized carbons (Fsp3) is 0.645. The monoisotopic (exact) mass is 650 g/mol. The molecule has 0 unspecified atom stereocenters. The van der Waals surface area contributed by atoms with Gasteiger partial charge in [0.15, 0.2) is 24.0 Å². The summed E-state index contributed by atoms with van der Waals surface area (Å²) in [4.78, 5) is 25.5. The number of halogens is 1. The maximum absolute atomic E-state index is 15.5. The maximum Gasteiger partial charge on any atom is 0.487 e. The first-order chi connectivity index (χ1) is 20.8. The summed E-state index contributed by atoms with van der Waals surface area (Å²) in [5.41, 5.74) is -2.33. The molecule has 0 radical (unpaired) electrons. The van der Waals surface area contributed by atoms with Gasteiger partial charge in [-0.2, -0.15) is 5.10 Å². The van der Waals surface area contributed by atoms with Crippen molar-refractivity contribution in [3.8, 4) is 5.75 Å². The normalized spacial score (nSPS) is 33.8. The highest BCUT2D eigenvalue weighted by molar-refractivity contribution is 7.89. The van der Waals surface area contributed by atoms with E-state index in [1.165, 1.54) is 19.1 Å². The molecule has 3 N–H and O–H groups in total. The lowest BCUT2D eigenvalue weighted by molar-refractivity contribution is -0.193. The van der Waals surface area contributed by atoms with Crippen molar-refractivity contribution in [3.63, 3.8) is 0 Å². The quantitative estimate of drug-likeness (QED) is 0.207. The molecule has 4 rings (SSSR count). The van der Waals surface area contributed by atoms with Gasteiger partial charge in [0.2, 0.25) is 10.0 Å². The van der Waals surface area contributed by atoms with E-state index in [1.807, 2.05) is 20.8 Å². The van der Waals surface area contributed by atoms with Crippen molar-refractivity contribution in [2.75, 3.05) is 12.9 Å². The van der Waals surface area contributed by atoms with Crippen LogP contribution >= 0.6 is 0 Å². The molecule has 8 atom stereocenters. The highest BCUT2D eigenvalue weighted by Gasteiger charge is 2.59. The van der Waals surface area contributed by atoms with Crippen molar-refractivity contribution in [1.82, 2.24) is 4.33 Å². The van der Waals surface area contributed by atoms with Gasteiger partial charge in [-0.15, -0.1) is 6.58 Å². The van der Waals surface area contributed by atoms with Crippen LogP contribution in [0.4, 0.5) is 4.39 Å². The van der Waals surface area contributed by atoms with Crippen LogP contribution in [0, 0.1) is 33.9 Å². The predicted octanol–water partition coefficient (Wildman–Crippen LogP) is 2.16. The standard InChI is InChI=1S/C31H44BFN2O9S/c1-8-29(5)14-24(30(6)17-31(12-11-18(30)2,19(3)28(29)39)13-22(37)20(4)36)44-25(38)16-43-23-10-9-21-15-34-35(45(7,41)42)32(40)26(21)27(23)33/h8-10,15,18-19,22,24,28,37,39-40H,1,11-14,16-17H2,2-7H3/t18-,19+,22+,24-,28+,29-,30+,31-/m1/s1. The van der Waals surface area contributed by atoms with Gasteiger partial charge >= 0.3 is 13.0 Å². The van der Waals surface area contributed by atoms with E-state index in [1.54, 1.807) is 6.08 Å². The number of benzene rings is 1. The number of Topliss-reactive ketones (excluding diaryl/α,β-unsaturated/α-hetero) is 1. The Bertz CT molecular complexity index is 1490. The lowest BCUT2D eigenvalue weighted by Crippen LogP contribution is -2.59. The number of aliphatic hydroxyl groups excluding tert-OH is 2. The summed E-state index contributed by atoms with van der Waals surface area (Å²) in [6.07, 6.45) is 3.07. The molecule has 3 aliphatic rings. The Morgan fingerprint density at radius 1 is 1.31 bits per heavy atom. The number of hydrogen-bond acceptors (Lipinski definition) is 10. The zero-order valence-corrected chi connectivity index (χ0v) is 27.5. The molecule has 0 spiro atoms. The molecule has 1 aromatic carbocycles. The number of carbonyl (C=O) groups excluding carboxylic acids is 2. The molecule has 0 saturated heterocycles. The maximum atomic E-state index is 15.5. The number of sulfonamides is 1. The minimum absolute atomic E-state index is 0.0781. The van der Waals surface area contributed by atoms with Gasteiger partial charge in [-0.05, 0) is 74.0 Å². The Morgan fingerprint density at radius 3 is 2.58 bits per heavy atom. The Balaban J connectivity index is 1.61. The average molecular weight is 651 g/mol. The molecule has 1 aromatic rings. The zero-order valence-electron chi connectivity index (χ0n) is 26.7. The van der Waals surface area contributed by atoms with Crippen LogP contribution in [0.3, 0.4) is 0 Å². The van der Waals surface area contributed by atoms with Gasteiger partial charge in [-0.1, -0.05) is 33.8 Å². The summed E-state index contributed by atoms with van der Waals surface area (Å²) in [6, 6.07) is 2.63. The van der Waals surface area contributed by atoms with Crippen molar-refractivity contribution in [2.24, 2.45) is 33.2 Å². The molecule has 2 saturated carbocycles. The van der Waals surface area contributed by atoms with E-state index in [-0.39, 0.29) is 47.2 Å². The van der Waals surface area contributed by atoms with Gasteiger partial charge < -0.3 is 24.7 Å². The van der Waals surface area contributed by atoms with Gasteiger partial charge in [0, 0.05) is 16.3 Å². The lowest BCUT2D eigenvalue weighted by Gasteiger charge is -2.60. The molecular formula is C31H44BFN2O9S. The summed E-state index contributed by atoms with van der Waals surface area (Å²) < 4.78 is 51.4. The second-order valence-electron chi connectivity index (χ2n) is 13.8. The van der Waals surface area contributed by atoms with E-state index in [9.17, 15) is 33.2 Å². The highest BCUT2D eigenvalue weighted by Crippen LogP contribution is 2.62. The van der Waals surface area contributed by atoms with E-state index in [0.29, 0.717) is 17.2 Å². The summed E-state index contributed by atoms with van der Waals surface area (Å²) in [6.45, 7) is 12.5. The van der Waals surface area contributed by atoms with Crippen LogP contribution in [-0.2, 0) is 24.3 Å². The second kappa shape index (κ2) is 12.4. The van der Waals surface area contributed by atoms with Crippen molar-refractivity contribution < 1.29 is 47.1 Å². The SMILES string of the molecule is C=C[C@]1(C)C[C@@H](OC(=O)COc2ccc3c(c2F)B(O)N(S(C)(=O)=O)N=C3)[C@@]2(C)C[C@](C[C@H](O)C(C)=O)(CC[C@H]2C)[C@@H](C)[C@@H]1O. The topological polar surface area (TPSA) is 163 Å². The molecule has 1 heterocycles. The number of ether oxygens (including phenoxy) is 2. The fourth-order valence-corrected chi connectivity index (χ4v) is 8.25. The number of ketones is 1. The number of fused-ring (bicyclic) bond motifs is 3. The molecule has 11 nitrogen and oxygen atoms in total. The van der Waals surface area contributed by atoms with Gasteiger partial charge in [0.05, 0.1) is 18.6 Å². The van der Waals surface area contributed by atoms with Crippen LogP contribution in [-0.4, -0.2) is 84.2 Å². The molecule has 1 aliphatic heterocycles. The molecule has 45 heavy (non-hydrogen) atoms. The molecule has 14 heteroatoms. The van der Waals surface area contributed by atoms with E-state index >= 15 is 4.39 Å². The van der Waals surface area contributed by atoms with Crippen LogP contribution < -0.4 is 10.2 Å². The molecule has 2 aliphatic carbocycles. The third kappa shape index (κ3) is 6.43. The molecule has 0 amide bonds. The fourth-order valence-electron chi connectivity index (χ4n) is 7.57. The summed E-state index contributed by atoms with van der Waals surface area (Å²) in [5.74, 6) is -2.79. The van der Waals surface area contributed by atoms with Crippen LogP contribution in [0.25, 0.3) is 0 Å². The predicted molar refractivity (Wildman–Crippen MR) is 167 cm³/mol. The van der Waals surface area contributed by atoms with Crippen molar-refractivity contribution in [2.45, 2.75) is 85.0 Å². The van der Waals surface area contributed by atoms with E-state index < -0.39 is 70.0 Å². The first kappa shape index (κ1) is 35.1. The average Bonchev–Trinajstić information content (AvgIpc) is 2.96. The Hall–Kier alpha value is -2.81. The van der Waals surface area contributed by atoms with E-state index in [4.69, 9.17) is 9.47 Å². The van der Waals surface area contributed by atoms with Gasteiger partial charge in [-0.3, -0.25) is 4.79 Å². The third-order valence-corrected chi connectivity index (χ3v) is 11.8. The minimum atomic E-state index is -4.00. The highest BCUT2D eigenvalue weighted by atomic mass is 32.2. The van der Waals surface area contributed by atoms with E-state index in [2.05, 4.69) is 18.6 Å². The molecule has 2 fully saturated rings. The number of hydrazone groups is 1. The molecule has 2 bridgehead atoms. The van der Waals surface area contributed by atoms with Crippen molar-refractivity contribution in [1.29, 1.82) is 0 Å². The number of aliphatic hydroxyl groups is 2. The first-order valence-electron chi connectivity index (χ1n) is 15.2. The molecule has 248 valence electrons. The number of carbonyl (C=O) groups is 2. The lowest BCUT2D eigenvalue weighted by atomic mass is 9.47. The van der Waals surface area contributed by atoms with Gasteiger partial charge in [-0.25, -0.2) is 21.9 Å². The zero-order chi connectivity index (χ0) is 33.7. The van der Waals surface area contributed by atoms with Crippen LogP contribution in [0.2, 0.25) is 0 Å². The number of hydrogen-bond donors (Lipinski definition) is 3. The van der Waals surface area contributed by atoms with Crippen molar-refractivity contribution >= 4 is 40.5 Å². The minimum Gasteiger partial charge on any atom is -0.479 e. The number of rotatable bonds is 9. The summed E-state index contributed by atoms with van der Waals surface area (Å²) in [5, 5.41) is 36.6. The van der Waals surface area contributed by atoms with Crippen molar-refractivity contribution in [3.05, 3.63) is 36.2 Å². The molecule has 0 aromatic heterocycles. The smallest absolute Gasteiger partial charge is 0.479 e. The number of nitrogens with zero attached hydrogens (tertiary/aromatic N) is 2. The molecular weight excluding hydrogens is 606 g/mol. The summed E-state index contributed by atoms with van der Waals surface area (Å²) in [7, 11) is -5.92. The Labute approximate surface area is 264 Å². The van der Waals surface area contributed by atoms with Crippen LogP contribution in [0.15, 0.2) is 29.9 Å². The van der Waals surface area contributed by atoms with Crippen LogP contribution in [0.5, 0.6) is 5.75 Å². The first-order valence-corrected chi connectivity index (χ1v) is 17.0. The summed E-state index contributed by atoms with van der Waals surface area (Å²) >= 11 is 0. The third-order valence-electron chi connectivity index (χ3n) is 10.9. The largest absolute Gasteiger partial charge is 0.487 e. The van der Waals surface area contributed by atoms with Crippen LogP contribution in [0.1, 0.15) is 72.3 Å².